The predicted octanol–water partition coefficient (Wildman–Crippen LogP) is 3.04. The molecule has 0 aromatic heterocycles. The first kappa shape index (κ1) is 18.0. The molecule has 0 aromatic rings. The smallest absolute Gasteiger partial charge is 0.272 e. The van der Waals surface area contributed by atoms with Gasteiger partial charge in [-0.25, -0.2) is 0 Å². The Morgan fingerprint density at radius 3 is 2.50 bits per heavy atom. The number of thiocarbonyl (C=S) groups is 1. The second kappa shape index (κ2) is 9.03. The van der Waals surface area contributed by atoms with Crippen molar-refractivity contribution in [1.29, 1.82) is 0 Å². The van der Waals surface area contributed by atoms with Crippen molar-refractivity contribution in [3.05, 3.63) is 0 Å². The zero-order valence-electron chi connectivity index (χ0n) is 11.7. The van der Waals surface area contributed by atoms with E-state index in [2.05, 4.69) is 12.2 Å². The van der Waals surface area contributed by atoms with Crippen molar-refractivity contribution in [2.75, 3.05) is 6.54 Å². The van der Waals surface area contributed by atoms with Gasteiger partial charge in [0.15, 0.2) is 4.73 Å². The molecule has 0 aromatic carbocycles. The average molecular weight is 294 g/mol. The molecule has 0 fully saturated rings. The minimum absolute atomic E-state index is 0.0344. The van der Waals surface area contributed by atoms with Crippen molar-refractivity contribution in [3.63, 3.8) is 0 Å². The normalized spacial score (nSPS) is 16.3. The number of hydrogen-bond acceptors (Lipinski definition) is 3. The Kier molecular flexibility index (Phi) is 9.05. The molecule has 4 N–H and O–H groups in total. The first-order chi connectivity index (χ1) is 8.32. The summed E-state index contributed by atoms with van der Waals surface area (Å²) in [5, 5.41) is 2.87. The Morgan fingerprint density at radius 1 is 1.39 bits per heavy atom. The van der Waals surface area contributed by atoms with Gasteiger partial charge in [-0.2, -0.15) is 0 Å². The van der Waals surface area contributed by atoms with Crippen LogP contribution in [0.2, 0.25) is 0 Å². The summed E-state index contributed by atoms with van der Waals surface area (Å²) in [6.07, 6.45) is 4.93. The maximum Gasteiger partial charge on any atom is 0.272 e. The molecule has 0 heterocycles. The number of rotatable bonds is 9. The molecule has 0 aliphatic heterocycles. The topological polar surface area (TPSA) is 75.3 Å². The van der Waals surface area contributed by atoms with Gasteiger partial charge in [0.05, 0.1) is 5.78 Å². The van der Waals surface area contributed by atoms with Gasteiger partial charge < -0.3 is 15.9 Å². The van der Waals surface area contributed by atoms with Crippen molar-refractivity contribution in [1.82, 2.24) is 5.32 Å². The lowest BCUT2D eigenvalue weighted by Gasteiger charge is -2.22. The highest BCUT2D eigenvalue weighted by atomic mass is 32.1. The molecule has 2 atom stereocenters. The molecule has 18 heavy (non-hydrogen) atoms. The van der Waals surface area contributed by atoms with Crippen LogP contribution in [0.15, 0.2) is 0 Å². The Bertz CT molecular complexity index is 298. The van der Waals surface area contributed by atoms with Crippen molar-refractivity contribution in [2.24, 2.45) is 11.7 Å². The van der Waals surface area contributed by atoms with E-state index in [4.69, 9.17) is 18.0 Å². The van der Waals surface area contributed by atoms with Crippen LogP contribution in [-0.4, -0.2) is 22.0 Å². The highest BCUT2D eigenvalue weighted by Crippen LogP contribution is 2.46. The molecule has 0 saturated carbocycles. The first-order valence-corrected chi connectivity index (χ1v) is 8.82. The molecular weight excluding hydrogens is 267 g/mol. The lowest BCUT2D eigenvalue weighted by atomic mass is 10.1. The summed E-state index contributed by atoms with van der Waals surface area (Å²) in [4.78, 5) is 9.93. The molecule has 0 radical (unpaired) electrons. The Balaban J connectivity index is 4.10. The van der Waals surface area contributed by atoms with Crippen LogP contribution in [0.25, 0.3) is 0 Å². The molecular formula is C12H27N2O2PS. The summed E-state index contributed by atoms with van der Waals surface area (Å²) in [7, 11) is -3.59. The average Bonchev–Trinajstić information content (AvgIpc) is 2.27. The number of nitrogens with one attached hydrogen (secondary N) is 1. The summed E-state index contributed by atoms with van der Waals surface area (Å²) in [5.41, 5.74) is 5.76. The molecule has 0 spiro atoms. The van der Waals surface area contributed by atoms with E-state index in [1.54, 1.807) is 0 Å². The van der Waals surface area contributed by atoms with E-state index < -0.39 is 13.2 Å². The Hall–Kier alpha value is 0.0400. The summed E-state index contributed by atoms with van der Waals surface area (Å²) in [6, 6.07) is 0. The quantitative estimate of drug-likeness (QED) is 0.346. The van der Waals surface area contributed by atoms with E-state index in [0.29, 0.717) is 13.0 Å². The summed E-state index contributed by atoms with van der Waals surface area (Å²) in [6.45, 7) is 6.74. The molecule has 108 valence electrons. The summed E-state index contributed by atoms with van der Waals surface area (Å²) >= 11 is 4.99. The molecule has 2 unspecified atom stereocenters. The third kappa shape index (κ3) is 6.83. The van der Waals surface area contributed by atoms with Crippen LogP contribution in [0.1, 0.15) is 52.9 Å². The van der Waals surface area contributed by atoms with Crippen LogP contribution >= 0.6 is 19.6 Å². The van der Waals surface area contributed by atoms with E-state index in [1.165, 1.54) is 12.8 Å². The van der Waals surface area contributed by atoms with Gasteiger partial charge >= 0.3 is 0 Å². The van der Waals surface area contributed by atoms with Gasteiger partial charge in [-0.05, 0) is 18.8 Å². The van der Waals surface area contributed by atoms with Crippen molar-refractivity contribution in [3.8, 4) is 0 Å². The number of hydrogen-bond donors (Lipinski definition) is 3. The van der Waals surface area contributed by atoms with Gasteiger partial charge in [-0.15, -0.1) is 0 Å². The largest absolute Gasteiger partial charge is 0.372 e. The maximum atomic E-state index is 12.1. The van der Waals surface area contributed by atoms with E-state index >= 15 is 0 Å². The lowest BCUT2D eigenvalue weighted by Crippen LogP contribution is -2.31. The highest BCUT2D eigenvalue weighted by molar-refractivity contribution is 7.99. The fourth-order valence-corrected chi connectivity index (χ4v) is 3.49. The molecule has 4 nitrogen and oxygen atoms in total. The third-order valence-corrected chi connectivity index (χ3v) is 5.54. The third-order valence-electron chi connectivity index (χ3n) is 2.76. The van der Waals surface area contributed by atoms with Crippen LogP contribution in [0.5, 0.6) is 0 Å². The van der Waals surface area contributed by atoms with Crippen molar-refractivity contribution < 1.29 is 9.46 Å². The van der Waals surface area contributed by atoms with E-state index in [9.17, 15) is 9.46 Å². The van der Waals surface area contributed by atoms with Gasteiger partial charge in [0.1, 0.15) is 0 Å². The van der Waals surface area contributed by atoms with E-state index in [0.717, 1.165) is 12.8 Å². The van der Waals surface area contributed by atoms with Gasteiger partial charge in [-0.3, -0.25) is 4.57 Å². The SMILES string of the molecule is CCCCCCNC(=S)P(=O)(O)C(N)CC(C)C. The zero-order valence-corrected chi connectivity index (χ0v) is 13.4. The second-order valence-corrected chi connectivity index (χ2v) is 8.18. The van der Waals surface area contributed by atoms with Crippen LogP contribution in [0.4, 0.5) is 0 Å². The zero-order chi connectivity index (χ0) is 14.2. The van der Waals surface area contributed by atoms with Crippen LogP contribution < -0.4 is 11.1 Å². The molecule has 0 saturated heterocycles. The van der Waals surface area contributed by atoms with Gasteiger partial charge in [-0.1, -0.05) is 52.3 Å². The lowest BCUT2D eigenvalue weighted by molar-refractivity contribution is 0.456. The molecule has 0 aliphatic rings. The molecule has 0 amide bonds. The fourth-order valence-electron chi connectivity index (χ4n) is 1.64. The number of unbranched alkanes of at least 4 members (excludes halogenated alkanes) is 3. The van der Waals surface area contributed by atoms with E-state index in [-0.39, 0.29) is 10.6 Å². The Morgan fingerprint density at radius 2 is 2.00 bits per heavy atom. The van der Waals surface area contributed by atoms with Crippen LogP contribution in [0.3, 0.4) is 0 Å². The van der Waals surface area contributed by atoms with Gasteiger partial charge in [0, 0.05) is 6.54 Å². The molecule has 0 aliphatic carbocycles. The monoisotopic (exact) mass is 294 g/mol. The minimum atomic E-state index is -3.59. The van der Waals surface area contributed by atoms with Crippen molar-refractivity contribution in [2.45, 2.75) is 58.7 Å². The second-order valence-electron chi connectivity index (χ2n) is 5.11. The standard InChI is InChI=1S/C12H27N2O2PS/c1-4-5-6-7-8-14-12(18)17(15,16)11(13)9-10(2)3/h10-11H,4-9,13H2,1-3H3,(H,14,18)(H,15,16). The van der Waals surface area contributed by atoms with E-state index in [1.807, 2.05) is 13.8 Å². The summed E-state index contributed by atoms with van der Waals surface area (Å²) < 4.78 is 12.1. The first-order valence-electron chi connectivity index (χ1n) is 6.68. The van der Waals surface area contributed by atoms with Crippen LogP contribution in [0, 0.1) is 5.92 Å². The van der Waals surface area contributed by atoms with Gasteiger partial charge in [0.25, 0.3) is 7.37 Å². The molecule has 0 rings (SSSR count). The van der Waals surface area contributed by atoms with Crippen LogP contribution in [-0.2, 0) is 4.57 Å². The van der Waals surface area contributed by atoms with Gasteiger partial charge in [0.2, 0.25) is 0 Å². The Labute approximate surface area is 116 Å². The fraction of sp³-hybridized carbons (Fsp3) is 0.917. The molecule has 0 bridgehead atoms. The maximum absolute atomic E-state index is 12.1. The number of nitrogens with two attached hydrogens (primary N) is 1. The van der Waals surface area contributed by atoms with Crippen molar-refractivity contribution >= 4 is 24.3 Å². The predicted molar refractivity (Wildman–Crippen MR) is 82.0 cm³/mol. The molecule has 6 heteroatoms. The highest BCUT2D eigenvalue weighted by Gasteiger charge is 2.32. The minimum Gasteiger partial charge on any atom is -0.372 e. The summed E-state index contributed by atoms with van der Waals surface area (Å²) in [5.74, 6) is -0.471.